The number of ether oxygens (including phenoxy) is 1. The number of carbonyl (C=O) groups is 1. The topological polar surface area (TPSA) is 38.3 Å². The van der Waals surface area contributed by atoms with Crippen LogP contribution in [0.15, 0.2) is 36.4 Å². The molecule has 0 aliphatic carbocycles. The predicted molar refractivity (Wildman–Crippen MR) is 103 cm³/mol. The zero-order valence-electron chi connectivity index (χ0n) is 14.8. The standard InChI is InChI=1S/C20H25NO2S/c1-14-11-15(2)20(16(3)12-14)21-19(22)13-24-10-9-17-5-7-18(23-4)8-6-17/h5-8,11-12H,9-10,13H2,1-4H3,(H,21,22). The molecule has 2 aromatic rings. The van der Waals surface area contributed by atoms with E-state index in [2.05, 4.69) is 36.5 Å². The highest BCUT2D eigenvalue weighted by molar-refractivity contribution is 7.99. The van der Waals surface area contributed by atoms with Gasteiger partial charge >= 0.3 is 0 Å². The third-order valence-electron chi connectivity index (χ3n) is 3.87. The van der Waals surface area contributed by atoms with Crippen molar-refractivity contribution in [3.05, 3.63) is 58.7 Å². The number of amides is 1. The van der Waals surface area contributed by atoms with Gasteiger partial charge in [-0.1, -0.05) is 29.8 Å². The van der Waals surface area contributed by atoms with Crippen LogP contribution in [-0.2, 0) is 11.2 Å². The number of thioether (sulfide) groups is 1. The molecule has 0 saturated carbocycles. The van der Waals surface area contributed by atoms with E-state index in [4.69, 9.17) is 4.74 Å². The third-order valence-corrected chi connectivity index (χ3v) is 4.83. The lowest BCUT2D eigenvalue weighted by atomic mass is 10.1. The zero-order valence-corrected chi connectivity index (χ0v) is 15.6. The third kappa shape index (κ3) is 5.31. The van der Waals surface area contributed by atoms with Crippen LogP contribution in [0.2, 0.25) is 0 Å². The molecule has 0 unspecified atom stereocenters. The summed E-state index contributed by atoms with van der Waals surface area (Å²) in [4.78, 5) is 12.1. The molecule has 0 aliphatic heterocycles. The fourth-order valence-electron chi connectivity index (χ4n) is 2.70. The fourth-order valence-corrected chi connectivity index (χ4v) is 3.48. The van der Waals surface area contributed by atoms with Crippen LogP contribution in [0.5, 0.6) is 5.75 Å². The van der Waals surface area contributed by atoms with Crippen LogP contribution in [-0.4, -0.2) is 24.5 Å². The summed E-state index contributed by atoms with van der Waals surface area (Å²) in [7, 11) is 1.67. The van der Waals surface area contributed by atoms with Gasteiger partial charge in [-0.05, 0) is 61.8 Å². The minimum atomic E-state index is 0.0600. The van der Waals surface area contributed by atoms with Crippen molar-refractivity contribution in [2.45, 2.75) is 27.2 Å². The zero-order chi connectivity index (χ0) is 17.5. The van der Waals surface area contributed by atoms with Crippen molar-refractivity contribution in [1.29, 1.82) is 0 Å². The Morgan fingerprint density at radius 2 is 1.71 bits per heavy atom. The Kier molecular flexibility index (Phi) is 6.73. The number of benzene rings is 2. The van der Waals surface area contributed by atoms with Gasteiger partial charge in [0.05, 0.1) is 12.9 Å². The molecule has 0 radical (unpaired) electrons. The Hall–Kier alpha value is -1.94. The molecule has 0 heterocycles. The maximum atomic E-state index is 12.1. The molecular formula is C20H25NO2S. The first-order valence-electron chi connectivity index (χ1n) is 8.08. The number of anilines is 1. The monoisotopic (exact) mass is 343 g/mol. The van der Waals surface area contributed by atoms with Gasteiger partial charge in [0.2, 0.25) is 5.91 Å². The minimum Gasteiger partial charge on any atom is -0.497 e. The van der Waals surface area contributed by atoms with Crippen molar-refractivity contribution in [1.82, 2.24) is 0 Å². The highest BCUT2D eigenvalue weighted by Gasteiger charge is 2.08. The number of hydrogen-bond donors (Lipinski definition) is 1. The van der Waals surface area contributed by atoms with Gasteiger partial charge in [-0.3, -0.25) is 4.79 Å². The van der Waals surface area contributed by atoms with Gasteiger partial charge in [0.15, 0.2) is 0 Å². The van der Waals surface area contributed by atoms with E-state index < -0.39 is 0 Å². The first-order valence-corrected chi connectivity index (χ1v) is 9.23. The van der Waals surface area contributed by atoms with Crippen LogP contribution in [0, 0.1) is 20.8 Å². The Morgan fingerprint density at radius 1 is 1.08 bits per heavy atom. The maximum Gasteiger partial charge on any atom is 0.234 e. The average Bonchev–Trinajstić information content (AvgIpc) is 2.55. The van der Waals surface area contributed by atoms with Crippen molar-refractivity contribution in [3.63, 3.8) is 0 Å². The Bertz CT molecular complexity index is 672. The van der Waals surface area contributed by atoms with Gasteiger partial charge in [0.25, 0.3) is 0 Å². The van der Waals surface area contributed by atoms with E-state index in [1.54, 1.807) is 18.9 Å². The van der Waals surface area contributed by atoms with Gasteiger partial charge in [-0.2, -0.15) is 11.8 Å². The summed E-state index contributed by atoms with van der Waals surface area (Å²) in [6.07, 6.45) is 0.949. The quantitative estimate of drug-likeness (QED) is 0.750. The highest BCUT2D eigenvalue weighted by Crippen LogP contribution is 2.22. The molecule has 3 nitrogen and oxygen atoms in total. The van der Waals surface area contributed by atoms with Crippen molar-refractivity contribution < 1.29 is 9.53 Å². The first-order chi connectivity index (χ1) is 11.5. The van der Waals surface area contributed by atoms with Crippen molar-refractivity contribution >= 4 is 23.4 Å². The molecule has 2 rings (SSSR count). The average molecular weight is 343 g/mol. The van der Waals surface area contributed by atoms with Crippen LogP contribution < -0.4 is 10.1 Å². The van der Waals surface area contributed by atoms with Gasteiger partial charge in [-0.15, -0.1) is 0 Å². The molecular weight excluding hydrogens is 318 g/mol. The summed E-state index contributed by atoms with van der Waals surface area (Å²) in [6.45, 7) is 6.14. The molecule has 0 saturated heterocycles. The summed E-state index contributed by atoms with van der Waals surface area (Å²) >= 11 is 1.66. The van der Waals surface area contributed by atoms with E-state index in [0.29, 0.717) is 5.75 Å². The van der Waals surface area contributed by atoms with E-state index in [-0.39, 0.29) is 5.91 Å². The molecule has 1 N–H and O–H groups in total. The summed E-state index contributed by atoms with van der Waals surface area (Å²) in [5, 5.41) is 3.04. The van der Waals surface area contributed by atoms with Gasteiger partial charge in [-0.25, -0.2) is 0 Å². The lowest BCUT2D eigenvalue weighted by Crippen LogP contribution is -2.16. The predicted octanol–water partition coefficient (Wildman–Crippen LogP) is 4.53. The number of aryl methyl sites for hydroxylation is 4. The molecule has 1 amide bonds. The van der Waals surface area contributed by atoms with E-state index in [1.165, 1.54) is 11.1 Å². The Labute approximate surface area is 148 Å². The normalized spacial score (nSPS) is 10.5. The van der Waals surface area contributed by atoms with Gasteiger partial charge < -0.3 is 10.1 Å². The molecule has 24 heavy (non-hydrogen) atoms. The van der Waals surface area contributed by atoms with Crippen LogP contribution in [0.1, 0.15) is 22.3 Å². The molecule has 4 heteroatoms. The molecule has 128 valence electrons. The number of nitrogens with one attached hydrogen (secondary N) is 1. The number of carbonyl (C=O) groups excluding carboxylic acids is 1. The fraction of sp³-hybridized carbons (Fsp3) is 0.350. The largest absolute Gasteiger partial charge is 0.497 e. The van der Waals surface area contributed by atoms with Crippen molar-refractivity contribution in [2.24, 2.45) is 0 Å². The van der Waals surface area contributed by atoms with Crippen molar-refractivity contribution in [3.8, 4) is 5.75 Å². The highest BCUT2D eigenvalue weighted by atomic mass is 32.2. The Morgan fingerprint density at radius 3 is 2.29 bits per heavy atom. The smallest absolute Gasteiger partial charge is 0.234 e. The molecule has 0 fully saturated rings. The van der Waals surface area contributed by atoms with E-state index in [1.807, 2.05) is 26.0 Å². The molecule has 0 aromatic heterocycles. The van der Waals surface area contributed by atoms with Crippen LogP contribution >= 0.6 is 11.8 Å². The summed E-state index contributed by atoms with van der Waals surface area (Å²) in [6, 6.07) is 12.3. The van der Waals surface area contributed by atoms with Crippen LogP contribution in [0.3, 0.4) is 0 Å². The second kappa shape index (κ2) is 8.78. The molecule has 0 spiro atoms. The molecule has 0 bridgehead atoms. The van der Waals surface area contributed by atoms with E-state index in [0.717, 1.165) is 34.7 Å². The lowest BCUT2D eigenvalue weighted by Gasteiger charge is -2.12. The second-order valence-corrected chi connectivity index (χ2v) is 7.08. The molecule has 0 aliphatic rings. The van der Waals surface area contributed by atoms with Gasteiger partial charge in [0.1, 0.15) is 5.75 Å². The van der Waals surface area contributed by atoms with Gasteiger partial charge in [0, 0.05) is 5.69 Å². The lowest BCUT2D eigenvalue weighted by molar-refractivity contribution is -0.113. The van der Waals surface area contributed by atoms with Crippen molar-refractivity contribution in [2.75, 3.05) is 23.9 Å². The SMILES string of the molecule is COc1ccc(CCSCC(=O)Nc2c(C)cc(C)cc2C)cc1. The van der Waals surface area contributed by atoms with Crippen LogP contribution in [0.4, 0.5) is 5.69 Å². The number of hydrogen-bond acceptors (Lipinski definition) is 3. The number of rotatable bonds is 7. The molecule has 0 atom stereocenters. The van der Waals surface area contributed by atoms with Crippen LogP contribution in [0.25, 0.3) is 0 Å². The molecule has 2 aromatic carbocycles. The second-order valence-electron chi connectivity index (χ2n) is 5.97. The van der Waals surface area contributed by atoms with E-state index in [9.17, 15) is 4.79 Å². The summed E-state index contributed by atoms with van der Waals surface area (Å²) in [5.41, 5.74) is 5.65. The van der Waals surface area contributed by atoms with E-state index >= 15 is 0 Å². The Balaban J connectivity index is 1.77. The number of methoxy groups -OCH3 is 1. The summed E-state index contributed by atoms with van der Waals surface area (Å²) in [5.74, 6) is 2.33. The summed E-state index contributed by atoms with van der Waals surface area (Å²) < 4.78 is 5.15. The first kappa shape index (κ1) is 18.4. The maximum absolute atomic E-state index is 12.1. The minimum absolute atomic E-state index is 0.0600.